The molecule has 1 rings (SSSR count). The highest BCUT2D eigenvalue weighted by Gasteiger charge is 2.13. The lowest BCUT2D eigenvalue weighted by atomic mass is 9.97. The first-order chi connectivity index (χ1) is 6.18. The number of carbonyl (C=O) groups excluding carboxylic acids is 1. The fourth-order valence-corrected chi connectivity index (χ4v) is 1.78. The van der Waals surface area contributed by atoms with Gasteiger partial charge in [0.05, 0.1) is 6.10 Å². The van der Waals surface area contributed by atoms with Crippen LogP contribution in [-0.2, 0) is 9.53 Å². The third kappa shape index (κ3) is 4.30. The molecule has 2 nitrogen and oxygen atoms in total. The Morgan fingerprint density at radius 3 is 2.62 bits per heavy atom. The highest BCUT2D eigenvalue weighted by Crippen LogP contribution is 2.18. The van der Waals surface area contributed by atoms with Crippen LogP contribution in [0.3, 0.4) is 0 Å². The first-order valence-electron chi connectivity index (χ1n) is 5.38. The van der Waals surface area contributed by atoms with Gasteiger partial charge in [-0.15, -0.1) is 0 Å². The van der Waals surface area contributed by atoms with Gasteiger partial charge in [0.2, 0.25) is 0 Å². The Hall–Kier alpha value is -0.530. The molecule has 2 heteroatoms. The molecule has 1 aliphatic rings. The van der Waals surface area contributed by atoms with E-state index in [1.54, 1.807) is 0 Å². The molecule has 0 saturated carbocycles. The number of ether oxygens (including phenoxy) is 1. The zero-order valence-corrected chi connectivity index (χ0v) is 8.71. The SMILES string of the molecule is C[C@@H]1CCCC[C@H](C)OC(=O)CC1. The molecule has 0 unspecified atom stereocenters. The lowest BCUT2D eigenvalue weighted by Crippen LogP contribution is -2.16. The summed E-state index contributed by atoms with van der Waals surface area (Å²) in [5.74, 6) is 0.669. The average molecular weight is 184 g/mol. The average Bonchev–Trinajstić information content (AvgIpc) is 2.08. The predicted octanol–water partition coefficient (Wildman–Crippen LogP) is 2.91. The van der Waals surface area contributed by atoms with E-state index in [1.165, 1.54) is 19.3 Å². The van der Waals surface area contributed by atoms with E-state index >= 15 is 0 Å². The standard InChI is InChI=1S/C11H20O2/c1-9-5-3-4-6-10(2)13-11(12)8-7-9/h9-10H,3-8H2,1-2H3/t9-,10+/m1/s1. The van der Waals surface area contributed by atoms with E-state index in [2.05, 4.69) is 6.92 Å². The summed E-state index contributed by atoms with van der Waals surface area (Å²) in [6.45, 7) is 4.21. The van der Waals surface area contributed by atoms with Crippen molar-refractivity contribution in [3.05, 3.63) is 0 Å². The molecular formula is C11H20O2. The Labute approximate surface area is 80.7 Å². The topological polar surface area (TPSA) is 26.3 Å². The van der Waals surface area contributed by atoms with Gasteiger partial charge in [0.25, 0.3) is 0 Å². The van der Waals surface area contributed by atoms with Crippen molar-refractivity contribution in [1.29, 1.82) is 0 Å². The van der Waals surface area contributed by atoms with E-state index in [9.17, 15) is 4.79 Å². The maximum Gasteiger partial charge on any atom is 0.306 e. The highest BCUT2D eigenvalue weighted by atomic mass is 16.5. The molecule has 1 aliphatic heterocycles. The molecule has 0 amide bonds. The molecular weight excluding hydrogens is 164 g/mol. The monoisotopic (exact) mass is 184 g/mol. The predicted molar refractivity (Wildman–Crippen MR) is 52.4 cm³/mol. The van der Waals surface area contributed by atoms with Crippen LogP contribution in [0.5, 0.6) is 0 Å². The number of rotatable bonds is 0. The number of hydrogen-bond donors (Lipinski definition) is 0. The third-order valence-corrected chi connectivity index (χ3v) is 2.73. The van der Waals surface area contributed by atoms with Gasteiger partial charge in [-0.05, 0) is 32.1 Å². The van der Waals surface area contributed by atoms with E-state index in [0.29, 0.717) is 12.3 Å². The van der Waals surface area contributed by atoms with Crippen molar-refractivity contribution in [3.63, 3.8) is 0 Å². The first-order valence-corrected chi connectivity index (χ1v) is 5.38. The van der Waals surface area contributed by atoms with Crippen LogP contribution in [0.4, 0.5) is 0 Å². The van der Waals surface area contributed by atoms with E-state index in [1.807, 2.05) is 6.92 Å². The summed E-state index contributed by atoms with van der Waals surface area (Å²) in [6.07, 6.45) is 6.48. The summed E-state index contributed by atoms with van der Waals surface area (Å²) < 4.78 is 5.24. The minimum Gasteiger partial charge on any atom is -0.463 e. The lowest BCUT2D eigenvalue weighted by Gasteiger charge is -2.17. The van der Waals surface area contributed by atoms with Gasteiger partial charge in [0, 0.05) is 6.42 Å². The van der Waals surface area contributed by atoms with Gasteiger partial charge in [0.1, 0.15) is 0 Å². The van der Waals surface area contributed by atoms with Crippen molar-refractivity contribution in [2.24, 2.45) is 5.92 Å². The summed E-state index contributed by atoms with van der Waals surface area (Å²) in [4.78, 5) is 11.2. The summed E-state index contributed by atoms with van der Waals surface area (Å²) in [5.41, 5.74) is 0. The smallest absolute Gasteiger partial charge is 0.306 e. The Morgan fingerprint density at radius 1 is 1.15 bits per heavy atom. The number of cyclic esters (lactones) is 1. The van der Waals surface area contributed by atoms with Crippen molar-refractivity contribution in [2.45, 2.75) is 58.5 Å². The molecule has 13 heavy (non-hydrogen) atoms. The van der Waals surface area contributed by atoms with Gasteiger partial charge in [-0.2, -0.15) is 0 Å². The molecule has 2 atom stereocenters. The van der Waals surface area contributed by atoms with E-state index in [-0.39, 0.29) is 12.1 Å². The van der Waals surface area contributed by atoms with Crippen LogP contribution in [-0.4, -0.2) is 12.1 Å². The molecule has 76 valence electrons. The van der Waals surface area contributed by atoms with Crippen LogP contribution in [0.15, 0.2) is 0 Å². The zero-order valence-electron chi connectivity index (χ0n) is 8.71. The molecule has 0 spiro atoms. The van der Waals surface area contributed by atoms with E-state index in [4.69, 9.17) is 4.74 Å². The fraction of sp³-hybridized carbons (Fsp3) is 0.909. The second-order valence-corrected chi connectivity index (χ2v) is 4.23. The Bertz CT molecular complexity index is 165. The highest BCUT2D eigenvalue weighted by molar-refractivity contribution is 5.69. The molecule has 0 bridgehead atoms. The van der Waals surface area contributed by atoms with Crippen LogP contribution in [0, 0.1) is 5.92 Å². The molecule has 0 aromatic rings. The summed E-state index contributed by atoms with van der Waals surface area (Å²) >= 11 is 0. The molecule has 1 saturated heterocycles. The molecule has 0 radical (unpaired) electrons. The molecule has 0 aromatic carbocycles. The maximum atomic E-state index is 11.2. The number of carbonyl (C=O) groups is 1. The second-order valence-electron chi connectivity index (χ2n) is 4.23. The van der Waals surface area contributed by atoms with Crippen LogP contribution >= 0.6 is 0 Å². The second kappa shape index (κ2) is 5.25. The number of hydrogen-bond acceptors (Lipinski definition) is 2. The molecule has 1 fully saturated rings. The van der Waals surface area contributed by atoms with Gasteiger partial charge < -0.3 is 4.74 Å². The van der Waals surface area contributed by atoms with Gasteiger partial charge in [-0.1, -0.05) is 19.8 Å². The van der Waals surface area contributed by atoms with E-state index in [0.717, 1.165) is 12.8 Å². The van der Waals surface area contributed by atoms with Crippen molar-refractivity contribution in [3.8, 4) is 0 Å². The Morgan fingerprint density at radius 2 is 1.85 bits per heavy atom. The zero-order chi connectivity index (χ0) is 9.68. The van der Waals surface area contributed by atoms with Crippen LogP contribution < -0.4 is 0 Å². The lowest BCUT2D eigenvalue weighted by molar-refractivity contribution is -0.149. The number of esters is 1. The maximum absolute atomic E-state index is 11.2. The van der Waals surface area contributed by atoms with Crippen molar-refractivity contribution in [2.75, 3.05) is 0 Å². The van der Waals surface area contributed by atoms with Crippen molar-refractivity contribution in [1.82, 2.24) is 0 Å². The first kappa shape index (κ1) is 10.6. The molecule has 0 aromatic heterocycles. The Kier molecular flexibility index (Phi) is 4.26. The van der Waals surface area contributed by atoms with Crippen LogP contribution in [0.2, 0.25) is 0 Å². The van der Waals surface area contributed by atoms with Gasteiger partial charge in [-0.3, -0.25) is 4.79 Å². The van der Waals surface area contributed by atoms with Crippen molar-refractivity contribution < 1.29 is 9.53 Å². The summed E-state index contributed by atoms with van der Waals surface area (Å²) in [6, 6.07) is 0. The molecule has 0 aliphatic carbocycles. The fourth-order valence-electron chi connectivity index (χ4n) is 1.78. The normalized spacial score (nSPS) is 32.3. The van der Waals surface area contributed by atoms with Crippen LogP contribution in [0.1, 0.15) is 52.4 Å². The van der Waals surface area contributed by atoms with Crippen molar-refractivity contribution >= 4 is 5.97 Å². The minimum absolute atomic E-state index is 0.0127. The Balaban J connectivity index is 2.37. The summed E-state index contributed by atoms with van der Waals surface area (Å²) in [7, 11) is 0. The molecule has 0 N–H and O–H groups in total. The van der Waals surface area contributed by atoms with Crippen LogP contribution in [0.25, 0.3) is 0 Å². The van der Waals surface area contributed by atoms with E-state index < -0.39 is 0 Å². The minimum atomic E-state index is -0.0127. The summed E-state index contributed by atoms with van der Waals surface area (Å²) in [5, 5.41) is 0. The van der Waals surface area contributed by atoms with Gasteiger partial charge in [0.15, 0.2) is 0 Å². The molecule has 1 heterocycles. The van der Waals surface area contributed by atoms with Gasteiger partial charge in [-0.25, -0.2) is 0 Å². The quantitative estimate of drug-likeness (QED) is 0.541. The largest absolute Gasteiger partial charge is 0.463 e. The van der Waals surface area contributed by atoms with Gasteiger partial charge >= 0.3 is 5.97 Å². The third-order valence-electron chi connectivity index (χ3n) is 2.73.